The highest BCUT2D eigenvalue weighted by atomic mass is 35.5. The van der Waals surface area contributed by atoms with E-state index in [2.05, 4.69) is 10.9 Å². The number of hydrogen-bond donors (Lipinski definition) is 2. The van der Waals surface area contributed by atoms with E-state index in [0.29, 0.717) is 34.6 Å². The quantitative estimate of drug-likeness (QED) is 0.727. The molecule has 138 valence electrons. The molecule has 0 fully saturated rings. The van der Waals surface area contributed by atoms with Crippen LogP contribution in [0.25, 0.3) is 0 Å². The first kappa shape index (κ1) is 19.6. The Morgan fingerprint density at radius 3 is 2.42 bits per heavy atom. The number of amides is 2. The highest BCUT2D eigenvalue weighted by Gasteiger charge is 2.09. The number of benzene rings is 2. The van der Waals surface area contributed by atoms with Crippen LogP contribution >= 0.6 is 11.6 Å². The van der Waals surface area contributed by atoms with Crippen LogP contribution < -0.4 is 20.3 Å². The molecule has 0 saturated heterocycles. The molecule has 0 atom stereocenters. The maximum Gasteiger partial charge on any atom is 0.276 e. The average Bonchev–Trinajstić information content (AvgIpc) is 2.64. The van der Waals surface area contributed by atoms with Gasteiger partial charge in [-0.1, -0.05) is 31.5 Å². The van der Waals surface area contributed by atoms with Gasteiger partial charge in [0.1, 0.15) is 11.5 Å². The minimum absolute atomic E-state index is 0.237. The fourth-order valence-electron chi connectivity index (χ4n) is 1.90. The predicted molar refractivity (Wildman–Crippen MR) is 99.3 cm³/mol. The minimum Gasteiger partial charge on any atom is -0.493 e. The van der Waals surface area contributed by atoms with E-state index in [1.807, 2.05) is 13.8 Å². The molecule has 0 aliphatic rings. The number of carbonyl (C=O) groups is 2. The fourth-order valence-corrected chi connectivity index (χ4v) is 2.03. The van der Waals surface area contributed by atoms with E-state index in [4.69, 9.17) is 21.1 Å². The van der Waals surface area contributed by atoms with Crippen molar-refractivity contribution in [1.29, 1.82) is 0 Å². The molecule has 0 unspecified atom stereocenters. The zero-order valence-electron chi connectivity index (χ0n) is 14.6. The number of halogens is 1. The van der Waals surface area contributed by atoms with Crippen molar-refractivity contribution in [3.63, 3.8) is 0 Å². The third-order valence-electron chi connectivity index (χ3n) is 3.18. The van der Waals surface area contributed by atoms with E-state index in [9.17, 15) is 9.59 Å². The molecule has 0 aromatic heterocycles. The van der Waals surface area contributed by atoms with Gasteiger partial charge in [0.05, 0.1) is 6.61 Å². The number of hydrogen-bond acceptors (Lipinski definition) is 4. The third kappa shape index (κ3) is 6.64. The summed E-state index contributed by atoms with van der Waals surface area (Å²) in [6.07, 6.45) is 0. The van der Waals surface area contributed by atoms with Crippen LogP contribution in [0.15, 0.2) is 48.5 Å². The summed E-state index contributed by atoms with van der Waals surface area (Å²) in [6, 6.07) is 13.4. The normalized spacial score (nSPS) is 10.3. The van der Waals surface area contributed by atoms with Gasteiger partial charge in [-0.2, -0.15) is 0 Å². The largest absolute Gasteiger partial charge is 0.493 e. The van der Waals surface area contributed by atoms with Gasteiger partial charge in [0, 0.05) is 10.6 Å². The van der Waals surface area contributed by atoms with Crippen molar-refractivity contribution in [2.24, 2.45) is 5.92 Å². The lowest BCUT2D eigenvalue weighted by molar-refractivity contribution is -0.123. The Kier molecular flexibility index (Phi) is 7.29. The van der Waals surface area contributed by atoms with Crippen LogP contribution in [0.1, 0.15) is 24.2 Å². The summed E-state index contributed by atoms with van der Waals surface area (Å²) in [5, 5.41) is 0.577. The SMILES string of the molecule is CC(C)COc1cccc(C(=O)NNC(=O)COc2ccc(Cl)cc2)c1. The second kappa shape index (κ2) is 9.68. The lowest BCUT2D eigenvalue weighted by atomic mass is 10.2. The van der Waals surface area contributed by atoms with Crippen LogP contribution in [-0.2, 0) is 4.79 Å². The number of hydrazine groups is 1. The predicted octanol–water partition coefficient (Wildman–Crippen LogP) is 3.21. The molecule has 0 saturated carbocycles. The molecule has 2 rings (SSSR count). The van der Waals surface area contributed by atoms with Crippen molar-refractivity contribution in [3.8, 4) is 11.5 Å². The van der Waals surface area contributed by atoms with Gasteiger partial charge in [0.2, 0.25) is 0 Å². The van der Waals surface area contributed by atoms with E-state index in [-0.39, 0.29) is 6.61 Å². The highest BCUT2D eigenvalue weighted by Crippen LogP contribution is 2.15. The highest BCUT2D eigenvalue weighted by molar-refractivity contribution is 6.30. The van der Waals surface area contributed by atoms with Crippen molar-refractivity contribution in [1.82, 2.24) is 10.9 Å². The van der Waals surface area contributed by atoms with Crippen molar-refractivity contribution in [2.75, 3.05) is 13.2 Å². The molecule has 7 heteroatoms. The average molecular weight is 377 g/mol. The first-order chi connectivity index (χ1) is 12.4. The molecule has 0 heterocycles. The van der Waals surface area contributed by atoms with Crippen LogP contribution in [0.5, 0.6) is 11.5 Å². The van der Waals surface area contributed by atoms with Gasteiger partial charge in [-0.25, -0.2) is 0 Å². The van der Waals surface area contributed by atoms with E-state index in [1.165, 1.54) is 0 Å². The monoisotopic (exact) mass is 376 g/mol. The lowest BCUT2D eigenvalue weighted by Crippen LogP contribution is -2.43. The first-order valence-corrected chi connectivity index (χ1v) is 8.52. The Bertz CT molecular complexity index is 747. The van der Waals surface area contributed by atoms with Crippen molar-refractivity contribution >= 4 is 23.4 Å². The Hall–Kier alpha value is -2.73. The van der Waals surface area contributed by atoms with Gasteiger partial charge < -0.3 is 9.47 Å². The third-order valence-corrected chi connectivity index (χ3v) is 3.43. The van der Waals surface area contributed by atoms with Gasteiger partial charge in [-0.15, -0.1) is 0 Å². The van der Waals surface area contributed by atoms with Crippen LogP contribution in [0.2, 0.25) is 5.02 Å². The summed E-state index contributed by atoms with van der Waals surface area (Å²) < 4.78 is 10.9. The van der Waals surface area contributed by atoms with Crippen LogP contribution in [-0.4, -0.2) is 25.0 Å². The number of nitrogens with one attached hydrogen (secondary N) is 2. The molecule has 2 aromatic rings. The summed E-state index contributed by atoms with van der Waals surface area (Å²) in [6.45, 7) is 4.40. The van der Waals surface area contributed by atoms with Gasteiger partial charge in [0.15, 0.2) is 6.61 Å². The summed E-state index contributed by atoms with van der Waals surface area (Å²) in [7, 11) is 0. The zero-order valence-corrected chi connectivity index (χ0v) is 15.4. The number of ether oxygens (including phenoxy) is 2. The lowest BCUT2D eigenvalue weighted by Gasteiger charge is -2.11. The smallest absolute Gasteiger partial charge is 0.276 e. The molecule has 0 aliphatic heterocycles. The second-order valence-electron chi connectivity index (χ2n) is 5.98. The van der Waals surface area contributed by atoms with Crippen molar-refractivity contribution in [3.05, 3.63) is 59.1 Å². The molecule has 0 aliphatic carbocycles. The van der Waals surface area contributed by atoms with E-state index in [0.717, 1.165) is 0 Å². The van der Waals surface area contributed by atoms with Crippen molar-refractivity contribution < 1.29 is 19.1 Å². The van der Waals surface area contributed by atoms with Crippen LogP contribution in [0.3, 0.4) is 0 Å². The van der Waals surface area contributed by atoms with Crippen LogP contribution in [0.4, 0.5) is 0 Å². The molecule has 2 amide bonds. The molecule has 26 heavy (non-hydrogen) atoms. The number of rotatable bonds is 7. The molecular weight excluding hydrogens is 356 g/mol. The summed E-state index contributed by atoms with van der Waals surface area (Å²) in [5.74, 6) is 0.558. The maximum absolute atomic E-state index is 12.1. The summed E-state index contributed by atoms with van der Waals surface area (Å²) in [4.78, 5) is 23.9. The van der Waals surface area contributed by atoms with E-state index >= 15 is 0 Å². The van der Waals surface area contributed by atoms with E-state index in [1.54, 1.807) is 48.5 Å². The van der Waals surface area contributed by atoms with Gasteiger partial charge in [-0.3, -0.25) is 20.4 Å². The topological polar surface area (TPSA) is 76.7 Å². The second-order valence-corrected chi connectivity index (χ2v) is 6.41. The van der Waals surface area contributed by atoms with Gasteiger partial charge >= 0.3 is 0 Å². The van der Waals surface area contributed by atoms with Crippen molar-refractivity contribution in [2.45, 2.75) is 13.8 Å². The molecule has 0 bridgehead atoms. The molecule has 0 spiro atoms. The van der Waals surface area contributed by atoms with Gasteiger partial charge in [-0.05, 0) is 48.4 Å². The molecule has 0 radical (unpaired) electrons. The first-order valence-electron chi connectivity index (χ1n) is 8.14. The summed E-state index contributed by atoms with van der Waals surface area (Å²) >= 11 is 5.77. The molecule has 6 nitrogen and oxygen atoms in total. The Labute approximate surface area is 157 Å². The Morgan fingerprint density at radius 1 is 1.00 bits per heavy atom. The minimum atomic E-state index is -0.486. The maximum atomic E-state index is 12.1. The standard InChI is InChI=1S/C19H21ClN2O4/c1-13(2)11-25-17-5-3-4-14(10-17)19(24)22-21-18(23)12-26-16-8-6-15(20)7-9-16/h3-10,13H,11-12H2,1-2H3,(H,21,23)(H,22,24). The molecule has 2 N–H and O–H groups in total. The van der Waals surface area contributed by atoms with Gasteiger partial charge in [0.25, 0.3) is 11.8 Å². The number of carbonyl (C=O) groups excluding carboxylic acids is 2. The Balaban J connectivity index is 1.79. The van der Waals surface area contributed by atoms with Crippen LogP contribution in [0, 0.1) is 5.92 Å². The summed E-state index contributed by atoms with van der Waals surface area (Å²) in [5.41, 5.74) is 5.02. The van der Waals surface area contributed by atoms with E-state index < -0.39 is 11.8 Å². The molecule has 2 aromatic carbocycles. The fraction of sp³-hybridized carbons (Fsp3) is 0.263. The Morgan fingerprint density at radius 2 is 1.73 bits per heavy atom. The molecular formula is C19H21ClN2O4. The zero-order chi connectivity index (χ0) is 18.9.